The van der Waals surface area contributed by atoms with Gasteiger partial charge in [0.15, 0.2) is 0 Å². The Kier molecular flexibility index (Phi) is 3.47. The predicted molar refractivity (Wildman–Crippen MR) is 95.6 cm³/mol. The molecule has 0 aliphatic carbocycles. The molecule has 1 aliphatic heterocycles. The summed E-state index contributed by atoms with van der Waals surface area (Å²) in [6.45, 7) is 2.14. The predicted octanol–water partition coefficient (Wildman–Crippen LogP) is 4.66. The van der Waals surface area contributed by atoms with E-state index in [-0.39, 0.29) is 0 Å². The lowest BCUT2D eigenvalue weighted by atomic mass is 10.0. The van der Waals surface area contributed by atoms with Crippen molar-refractivity contribution in [2.45, 2.75) is 17.0 Å². The smallest absolute Gasteiger partial charge is 0.103 e. The van der Waals surface area contributed by atoms with E-state index in [2.05, 4.69) is 87.1 Å². The number of para-hydroxylation sites is 1. The van der Waals surface area contributed by atoms with Crippen LogP contribution in [0.25, 0.3) is 10.9 Å². The topological polar surface area (TPSA) is 19.0 Å². The zero-order valence-corrected chi connectivity index (χ0v) is 13.9. The van der Waals surface area contributed by atoms with Crippen LogP contribution in [0.2, 0.25) is 0 Å². The maximum atomic E-state index is 3.63. The SMILES string of the molecule is I[C@@H]1c2[nH]c3ccccc3c2CCN1Cc1ccccc1. The van der Waals surface area contributed by atoms with Crippen molar-refractivity contribution in [3.05, 3.63) is 71.4 Å². The van der Waals surface area contributed by atoms with Gasteiger partial charge in [-0.1, -0.05) is 71.1 Å². The number of fused-ring (bicyclic) bond motifs is 3. The third-order valence-electron chi connectivity index (χ3n) is 4.28. The highest BCUT2D eigenvalue weighted by atomic mass is 127. The van der Waals surface area contributed by atoms with E-state index in [1.54, 1.807) is 0 Å². The van der Waals surface area contributed by atoms with Gasteiger partial charge in [-0.05, 0) is 23.6 Å². The quantitative estimate of drug-likeness (QED) is 0.384. The Morgan fingerprint density at radius 3 is 2.67 bits per heavy atom. The van der Waals surface area contributed by atoms with Crippen LogP contribution >= 0.6 is 22.6 Å². The summed E-state index contributed by atoms with van der Waals surface area (Å²) in [7, 11) is 0. The average molecular weight is 388 g/mol. The van der Waals surface area contributed by atoms with Gasteiger partial charge in [0.1, 0.15) is 4.05 Å². The van der Waals surface area contributed by atoms with Gasteiger partial charge in [0.2, 0.25) is 0 Å². The van der Waals surface area contributed by atoms with Gasteiger partial charge in [-0.25, -0.2) is 0 Å². The normalized spacial score (nSPS) is 18.8. The number of H-pyrrole nitrogens is 1. The fourth-order valence-electron chi connectivity index (χ4n) is 3.22. The third-order valence-corrected chi connectivity index (χ3v) is 5.69. The number of aromatic nitrogens is 1. The number of alkyl halides is 1. The van der Waals surface area contributed by atoms with Crippen molar-refractivity contribution >= 4 is 33.5 Å². The summed E-state index contributed by atoms with van der Waals surface area (Å²) >= 11 is 2.57. The van der Waals surface area contributed by atoms with Crippen molar-refractivity contribution in [2.75, 3.05) is 6.54 Å². The minimum absolute atomic E-state index is 0.416. The van der Waals surface area contributed by atoms with Gasteiger partial charge in [-0.2, -0.15) is 0 Å². The highest BCUT2D eigenvalue weighted by Crippen LogP contribution is 2.38. The summed E-state index contributed by atoms with van der Waals surface area (Å²) in [5, 5.41) is 1.40. The maximum absolute atomic E-state index is 3.63. The molecule has 0 spiro atoms. The second kappa shape index (κ2) is 5.46. The monoisotopic (exact) mass is 388 g/mol. The lowest BCUT2D eigenvalue weighted by Gasteiger charge is -2.32. The van der Waals surface area contributed by atoms with Crippen LogP contribution in [0.5, 0.6) is 0 Å². The molecule has 0 saturated carbocycles. The molecule has 3 heteroatoms. The number of hydrogen-bond donors (Lipinski definition) is 1. The number of aromatic amines is 1. The number of halogens is 1. The number of nitrogens with zero attached hydrogens (tertiary/aromatic N) is 1. The number of nitrogens with one attached hydrogen (secondary N) is 1. The van der Waals surface area contributed by atoms with E-state index in [1.807, 2.05) is 0 Å². The Hall–Kier alpha value is -1.33. The fourth-order valence-corrected chi connectivity index (χ4v) is 4.23. The van der Waals surface area contributed by atoms with Gasteiger partial charge in [0, 0.05) is 29.7 Å². The molecule has 0 amide bonds. The Morgan fingerprint density at radius 2 is 1.81 bits per heavy atom. The van der Waals surface area contributed by atoms with Gasteiger partial charge in [0.05, 0.1) is 0 Å². The van der Waals surface area contributed by atoms with E-state index in [9.17, 15) is 0 Å². The summed E-state index contributed by atoms with van der Waals surface area (Å²) < 4.78 is 0.416. The van der Waals surface area contributed by atoms with Gasteiger partial charge >= 0.3 is 0 Å². The molecule has 0 unspecified atom stereocenters. The van der Waals surface area contributed by atoms with Gasteiger partial charge in [-0.15, -0.1) is 0 Å². The van der Waals surface area contributed by atoms with Crippen LogP contribution in [-0.2, 0) is 13.0 Å². The van der Waals surface area contributed by atoms with Crippen molar-refractivity contribution in [3.8, 4) is 0 Å². The number of benzene rings is 2. The van der Waals surface area contributed by atoms with Crippen molar-refractivity contribution in [2.24, 2.45) is 0 Å². The van der Waals surface area contributed by atoms with Gasteiger partial charge in [-0.3, -0.25) is 4.90 Å². The first-order valence-corrected chi connectivity index (χ1v) is 8.59. The highest BCUT2D eigenvalue weighted by molar-refractivity contribution is 14.1. The van der Waals surface area contributed by atoms with Crippen molar-refractivity contribution in [1.29, 1.82) is 0 Å². The molecule has 0 bridgehead atoms. The lowest BCUT2D eigenvalue weighted by Crippen LogP contribution is -2.31. The zero-order valence-electron chi connectivity index (χ0n) is 11.7. The molecule has 2 nitrogen and oxygen atoms in total. The molecule has 106 valence electrons. The molecule has 2 aromatic carbocycles. The summed E-state index contributed by atoms with van der Waals surface area (Å²) in [4.78, 5) is 6.18. The van der Waals surface area contributed by atoms with Crippen LogP contribution in [-0.4, -0.2) is 16.4 Å². The minimum Gasteiger partial charge on any atom is -0.356 e. The lowest BCUT2D eigenvalue weighted by molar-refractivity contribution is 0.246. The second-order valence-corrected chi connectivity index (χ2v) is 6.78. The minimum atomic E-state index is 0.416. The summed E-state index contributed by atoms with van der Waals surface area (Å²) in [5.41, 5.74) is 5.55. The number of rotatable bonds is 2. The Labute approximate surface area is 138 Å². The molecule has 0 radical (unpaired) electrons. The molecule has 1 atom stereocenters. The third kappa shape index (κ3) is 2.38. The maximum Gasteiger partial charge on any atom is 0.103 e. The Bertz CT molecular complexity index is 763. The summed E-state index contributed by atoms with van der Waals surface area (Å²) in [5.74, 6) is 0. The van der Waals surface area contributed by atoms with Gasteiger partial charge < -0.3 is 4.98 Å². The van der Waals surface area contributed by atoms with Crippen LogP contribution < -0.4 is 0 Å². The van der Waals surface area contributed by atoms with Crippen LogP contribution in [0.3, 0.4) is 0 Å². The van der Waals surface area contributed by atoms with Crippen LogP contribution in [0.15, 0.2) is 54.6 Å². The summed E-state index contributed by atoms with van der Waals surface area (Å²) in [6.07, 6.45) is 1.13. The van der Waals surface area contributed by atoms with E-state index in [4.69, 9.17) is 0 Å². The second-order valence-electron chi connectivity index (χ2n) is 5.60. The van der Waals surface area contributed by atoms with Crippen LogP contribution in [0, 0.1) is 0 Å². The zero-order chi connectivity index (χ0) is 14.2. The van der Waals surface area contributed by atoms with E-state index < -0.39 is 0 Å². The largest absolute Gasteiger partial charge is 0.356 e. The molecule has 0 saturated heterocycles. The van der Waals surface area contributed by atoms with E-state index in [1.165, 1.54) is 27.7 Å². The van der Waals surface area contributed by atoms with Gasteiger partial charge in [0.25, 0.3) is 0 Å². The fraction of sp³-hybridized carbons (Fsp3) is 0.222. The standard InChI is InChI=1S/C18H17IN2/c19-18-17-15(14-8-4-5-9-16(14)20-17)10-11-21(18)12-13-6-2-1-3-7-13/h1-9,18,20H,10-12H2/t18-/m0/s1. The number of hydrogen-bond acceptors (Lipinski definition) is 1. The van der Waals surface area contributed by atoms with E-state index in [0.717, 1.165) is 19.5 Å². The van der Waals surface area contributed by atoms with Crippen LogP contribution in [0.4, 0.5) is 0 Å². The molecule has 21 heavy (non-hydrogen) atoms. The molecule has 2 heterocycles. The first-order chi connectivity index (χ1) is 10.3. The van der Waals surface area contributed by atoms with Crippen molar-refractivity contribution in [3.63, 3.8) is 0 Å². The molecule has 1 aliphatic rings. The highest BCUT2D eigenvalue weighted by Gasteiger charge is 2.28. The van der Waals surface area contributed by atoms with Crippen molar-refractivity contribution in [1.82, 2.24) is 9.88 Å². The van der Waals surface area contributed by atoms with Crippen molar-refractivity contribution < 1.29 is 0 Å². The molecular weight excluding hydrogens is 371 g/mol. The average Bonchev–Trinajstić information content (AvgIpc) is 2.91. The first kappa shape index (κ1) is 13.3. The molecule has 1 aromatic heterocycles. The van der Waals surface area contributed by atoms with E-state index >= 15 is 0 Å². The molecule has 3 aromatic rings. The first-order valence-electron chi connectivity index (χ1n) is 7.34. The molecule has 0 fully saturated rings. The van der Waals surface area contributed by atoms with Crippen LogP contribution in [0.1, 0.15) is 20.9 Å². The Morgan fingerprint density at radius 1 is 1.05 bits per heavy atom. The molecular formula is C18H17IN2. The van der Waals surface area contributed by atoms with E-state index in [0.29, 0.717) is 4.05 Å². The summed E-state index contributed by atoms with van der Waals surface area (Å²) in [6, 6.07) is 19.4. The molecule has 4 rings (SSSR count). The molecule has 1 N–H and O–H groups in total. The Balaban J connectivity index is 1.67.